The summed E-state index contributed by atoms with van der Waals surface area (Å²) in [6.07, 6.45) is 0. The van der Waals surface area contributed by atoms with Crippen LogP contribution in [0.4, 0.5) is 0 Å². The number of nitrogens with zero attached hydrogens (tertiary/aromatic N) is 4. The quantitative estimate of drug-likeness (QED) is 0.554. The summed E-state index contributed by atoms with van der Waals surface area (Å²) in [5.74, 6) is 0. The van der Waals surface area contributed by atoms with Crippen molar-refractivity contribution in [2.75, 3.05) is 47.3 Å². The zero-order chi connectivity index (χ0) is 18.2. The molecule has 0 spiro atoms. The molecule has 1 aliphatic heterocycles. The molecule has 4 unspecified atom stereocenters. The van der Waals surface area contributed by atoms with Crippen molar-refractivity contribution in [3.8, 4) is 0 Å². The van der Waals surface area contributed by atoms with Crippen LogP contribution in [-0.4, -0.2) is 86.2 Å². The summed E-state index contributed by atoms with van der Waals surface area (Å²) >= 11 is -1.92. The maximum atomic E-state index is 4.97. The first-order valence-corrected chi connectivity index (χ1v) is 14.6. The number of halogens is 3. The summed E-state index contributed by atoms with van der Waals surface area (Å²) in [6.45, 7) is 13.4. The first-order valence-electron chi connectivity index (χ1n) is 8.15. The third kappa shape index (κ3) is 11.6. The fourth-order valence-corrected chi connectivity index (χ4v) is 2.60. The molecule has 0 radical (unpaired) electrons. The summed E-state index contributed by atoms with van der Waals surface area (Å²) < 4.78 is 0. The molecule has 8 heteroatoms. The molecule has 1 fully saturated rings. The van der Waals surface area contributed by atoms with Gasteiger partial charge in [0.15, 0.2) is 0 Å². The van der Waals surface area contributed by atoms with E-state index in [1.807, 2.05) is 0 Å². The monoisotopic (exact) mass is 422 g/mol. The van der Waals surface area contributed by atoms with E-state index in [-0.39, 0.29) is 0 Å². The van der Waals surface area contributed by atoms with Gasteiger partial charge in [-0.05, 0) is 47.6 Å². The number of hydrogen-bond donors (Lipinski definition) is 0. The SMILES string of the molecule is CC1CN(C)C(C)CN(C)C(C)CN(C)C(C)C[N-]1.[Cl][Ti+]([Cl])[Cl]. The molecule has 0 saturated carbocycles. The van der Waals surface area contributed by atoms with Crippen molar-refractivity contribution < 1.29 is 14.7 Å². The summed E-state index contributed by atoms with van der Waals surface area (Å²) in [5.41, 5.74) is 0. The van der Waals surface area contributed by atoms with E-state index >= 15 is 0 Å². The van der Waals surface area contributed by atoms with Crippen LogP contribution in [0.1, 0.15) is 27.7 Å². The Morgan fingerprint density at radius 3 is 1.52 bits per heavy atom. The molecule has 0 aromatic carbocycles. The van der Waals surface area contributed by atoms with Gasteiger partial charge < -0.3 is 20.0 Å². The van der Waals surface area contributed by atoms with Gasteiger partial charge in [-0.3, -0.25) is 0 Å². The second-order valence-electron chi connectivity index (χ2n) is 6.79. The average Bonchev–Trinajstić information content (AvgIpc) is 2.42. The van der Waals surface area contributed by atoms with E-state index in [4.69, 9.17) is 33.2 Å². The van der Waals surface area contributed by atoms with Gasteiger partial charge in [0.25, 0.3) is 0 Å². The summed E-state index contributed by atoms with van der Waals surface area (Å²) in [5, 5.41) is 4.82. The Bertz CT molecular complexity index is 310. The number of likely N-dealkylation sites (N-methyl/N-ethyl adjacent to an activating group) is 3. The van der Waals surface area contributed by atoms with Gasteiger partial charge in [-0.15, -0.1) is 12.6 Å². The minimum absolute atomic E-state index is 0.422. The van der Waals surface area contributed by atoms with E-state index < -0.39 is 14.7 Å². The van der Waals surface area contributed by atoms with Crippen molar-refractivity contribution in [3.05, 3.63) is 5.32 Å². The fraction of sp³-hybridized carbons (Fsp3) is 1.00. The summed E-state index contributed by atoms with van der Waals surface area (Å²) in [6, 6.07) is 2.11. The Balaban J connectivity index is 0.00000108. The van der Waals surface area contributed by atoms with Crippen molar-refractivity contribution in [1.29, 1.82) is 0 Å². The molecule has 0 bridgehead atoms. The molecule has 138 valence electrons. The molecule has 23 heavy (non-hydrogen) atoms. The third-order valence-electron chi connectivity index (χ3n) is 4.60. The van der Waals surface area contributed by atoms with Crippen LogP contribution in [0.15, 0.2) is 0 Å². The molecule has 0 aromatic rings. The van der Waals surface area contributed by atoms with E-state index in [9.17, 15) is 0 Å². The second-order valence-corrected chi connectivity index (χ2v) is 14.5. The van der Waals surface area contributed by atoms with Crippen LogP contribution < -0.4 is 0 Å². The predicted molar refractivity (Wildman–Crippen MR) is 102 cm³/mol. The molecule has 1 heterocycles. The maximum absolute atomic E-state index is 4.97. The van der Waals surface area contributed by atoms with Crippen LogP contribution in [0.2, 0.25) is 0 Å². The van der Waals surface area contributed by atoms with Gasteiger partial charge in [0.1, 0.15) is 0 Å². The Hall–Kier alpha value is 1.42. The second kappa shape index (κ2) is 12.7. The van der Waals surface area contributed by atoms with Crippen LogP contribution in [-0.2, 0) is 14.7 Å². The number of hydrogen-bond acceptors (Lipinski definition) is 3. The Labute approximate surface area is 161 Å². The van der Waals surface area contributed by atoms with E-state index in [0.29, 0.717) is 24.2 Å². The zero-order valence-corrected chi connectivity index (χ0v) is 19.4. The van der Waals surface area contributed by atoms with E-state index in [2.05, 4.69) is 63.5 Å². The van der Waals surface area contributed by atoms with Gasteiger partial charge in [-0.25, -0.2) is 0 Å². The van der Waals surface area contributed by atoms with Crippen LogP contribution in [0.25, 0.3) is 5.32 Å². The van der Waals surface area contributed by atoms with Gasteiger partial charge in [-0.1, -0.05) is 13.8 Å². The molecule has 0 aliphatic carbocycles. The fourth-order valence-electron chi connectivity index (χ4n) is 2.60. The normalized spacial score (nSPS) is 33.1. The molecule has 4 atom stereocenters. The first-order chi connectivity index (χ1) is 10.5. The van der Waals surface area contributed by atoms with Gasteiger partial charge in [0, 0.05) is 25.2 Å². The molecule has 0 aromatic heterocycles. The van der Waals surface area contributed by atoms with Crippen molar-refractivity contribution in [2.45, 2.75) is 51.9 Å². The Morgan fingerprint density at radius 1 is 0.739 bits per heavy atom. The molecule has 0 N–H and O–H groups in total. The first kappa shape index (κ1) is 24.4. The standard InChI is InChI=1S/C15H33N4.3ClH.Ti/c1-12-9-17(5)14(3)11-19(7)15(4)10-18(6)13(2)8-16-12;;;;/h12-15H,8-11H2,1-7H3;3*1H;/q-1;;;;+4/p-3. The Kier molecular flexibility index (Phi) is 13.5. The van der Waals surface area contributed by atoms with Crippen molar-refractivity contribution >= 4 is 27.9 Å². The van der Waals surface area contributed by atoms with Crippen LogP contribution in [0.5, 0.6) is 0 Å². The molecule has 1 rings (SSSR count). The Morgan fingerprint density at radius 2 is 1.09 bits per heavy atom. The van der Waals surface area contributed by atoms with Gasteiger partial charge >= 0.3 is 42.6 Å². The molecular weight excluding hydrogens is 390 g/mol. The van der Waals surface area contributed by atoms with Gasteiger partial charge in [0.2, 0.25) is 0 Å². The number of rotatable bonds is 0. The van der Waals surface area contributed by atoms with E-state index in [1.54, 1.807) is 0 Å². The topological polar surface area (TPSA) is 23.8 Å². The molecule has 1 saturated heterocycles. The van der Waals surface area contributed by atoms with E-state index in [0.717, 1.165) is 26.2 Å². The predicted octanol–water partition coefficient (Wildman–Crippen LogP) is 3.79. The van der Waals surface area contributed by atoms with Crippen molar-refractivity contribution in [3.63, 3.8) is 0 Å². The van der Waals surface area contributed by atoms with Crippen LogP contribution >= 0.6 is 27.9 Å². The molecule has 0 amide bonds. The van der Waals surface area contributed by atoms with Crippen LogP contribution in [0.3, 0.4) is 0 Å². The average molecular weight is 424 g/mol. The van der Waals surface area contributed by atoms with Gasteiger partial charge in [-0.2, -0.15) is 0 Å². The van der Waals surface area contributed by atoms with Crippen molar-refractivity contribution in [2.24, 2.45) is 0 Å². The van der Waals surface area contributed by atoms with Crippen LogP contribution in [0, 0.1) is 0 Å². The third-order valence-corrected chi connectivity index (χ3v) is 4.60. The summed E-state index contributed by atoms with van der Waals surface area (Å²) in [7, 11) is 21.6. The molecular formula is C15H33Cl3N4Ti. The minimum atomic E-state index is -1.92. The van der Waals surface area contributed by atoms with Gasteiger partial charge in [0.05, 0.1) is 0 Å². The summed E-state index contributed by atoms with van der Waals surface area (Å²) in [4.78, 5) is 7.36. The van der Waals surface area contributed by atoms with Crippen molar-refractivity contribution in [1.82, 2.24) is 14.7 Å². The van der Waals surface area contributed by atoms with E-state index in [1.165, 1.54) is 0 Å². The zero-order valence-electron chi connectivity index (χ0n) is 15.6. The molecule has 1 aliphatic rings. The molecule has 4 nitrogen and oxygen atoms in total.